The van der Waals surface area contributed by atoms with Crippen LogP contribution in [-0.2, 0) is 0 Å². The van der Waals surface area contributed by atoms with Gasteiger partial charge in [-0.1, -0.05) is 13.0 Å². The molecule has 3 heteroatoms. The van der Waals surface area contributed by atoms with Crippen molar-refractivity contribution in [3.05, 3.63) is 42.5 Å². The molecule has 0 N–H and O–H groups in total. The van der Waals surface area contributed by atoms with E-state index in [4.69, 9.17) is 0 Å². The predicted octanol–water partition coefficient (Wildman–Crippen LogP) is 3.01. The average molecular weight is 235 g/mol. The fraction of sp³-hybridized carbons (Fsp3) is 0.308. The third-order valence-electron chi connectivity index (χ3n) is 2.24. The van der Waals surface area contributed by atoms with Crippen LogP contribution in [0.2, 0.25) is 0 Å². The number of amides is 1. The van der Waals surface area contributed by atoms with Gasteiger partial charge in [0, 0.05) is 23.5 Å². The maximum Gasteiger partial charge on any atom is 0.254 e. The van der Waals surface area contributed by atoms with Crippen LogP contribution in [0.4, 0.5) is 0 Å². The summed E-state index contributed by atoms with van der Waals surface area (Å²) in [5.41, 5.74) is 0.702. The quantitative estimate of drug-likeness (QED) is 0.614. The maximum absolute atomic E-state index is 12.1. The summed E-state index contributed by atoms with van der Waals surface area (Å²) in [7, 11) is 0. The molecule has 0 unspecified atom stereocenters. The van der Waals surface area contributed by atoms with Crippen LogP contribution in [0.25, 0.3) is 0 Å². The minimum atomic E-state index is 0.0510. The highest BCUT2D eigenvalue weighted by Gasteiger charge is 2.12. The van der Waals surface area contributed by atoms with Gasteiger partial charge in [-0.15, -0.1) is 19.2 Å². The van der Waals surface area contributed by atoms with Gasteiger partial charge in [-0.2, -0.15) is 0 Å². The lowest BCUT2D eigenvalue weighted by Gasteiger charge is -2.20. The Hall–Kier alpha value is -1.22. The highest BCUT2D eigenvalue weighted by molar-refractivity contribution is 7.80. The minimum Gasteiger partial charge on any atom is -0.335 e. The van der Waals surface area contributed by atoms with Crippen LogP contribution >= 0.6 is 12.6 Å². The molecular weight excluding hydrogens is 218 g/mol. The van der Waals surface area contributed by atoms with Gasteiger partial charge in [-0.25, -0.2) is 0 Å². The van der Waals surface area contributed by atoms with Gasteiger partial charge in [0.05, 0.1) is 0 Å². The Labute approximate surface area is 102 Å². The molecule has 0 saturated carbocycles. The second kappa shape index (κ2) is 6.38. The molecule has 0 aliphatic heterocycles. The summed E-state index contributed by atoms with van der Waals surface area (Å²) < 4.78 is 0. The van der Waals surface area contributed by atoms with Crippen LogP contribution in [-0.4, -0.2) is 23.9 Å². The molecule has 0 aliphatic rings. The van der Waals surface area contributed by atoms with E-state index in [1.54, 1.807) is 23.1 Å². The number of rotatable bonds is 5. The number of hydrogen-bond acceptors (Lipinski definition) is 2. The lowest BCUT2D eigenvalue weighted by atomic mass is 10.2. The molecule has 0 bridgehead atoms. The number of carbonyl (C=O) groups is 1. The van der Waals surface area contributed by atoms with Gasteiger partial charge < -0.3 is 4.90 Å². The molecule has 86 valence electrons. The van der Waals surface area contributed by atoms with Crippen LogP contribution in [0.5, 0.6) is 0 Å². The zero-order valence-corrected chi connectivity index (χ0v) is 10.4. The normalized spacial score (nSPS) is 9.88. The van der Waals surface area contributed by atoms with E-state index < -0.39 is 0 Å². The van der Waals surface area contributed by atoms with Crippen molar-refractivity contribution in [3.8, 4) is 0 Å². The van der Waals surface area contributed by atoms with Crippen molar-refractivity contribution in [2.24, 2.45) is 0 Å². The van der Waals surface area contributed by atoms with Crippen molar-refractivity contribution >= 4 is 18.5 Å². The Kier molecular flexibility index (Phi) is 5.12. The van der Waals surface area contributed by atoms with E-state index in [0.29, 0.717) is 12.1 Å². The Morgan fingerprint density at radius 1 is 1.44 bits per heavy atom. The summed E-state index contributed by atoms with van der Waals surface area (Å²) in [6, 6.07) is 7.26. The van der Waals surface area contributed by atoms with Crippen molar-refractivity contribution in [2.75, 3.05) is 13.1 Å². The summed E-state index contributed by atoms with van der Waals surface area (Å²) in [6.45, 7) is 7.07. The Balaban J connectivity index is 2.80. The molecule has 0 aromatic heterocycles. The zero-order chi connectivity index (χ0) is 12.0. The second-order valence-corrected chi connectivity index (χ2v) is 4.10. The molecule has 0 fully saturated rings. The first-order valence-electron chi connectivity index (χ1n) is 5.38. The number of nitrogens with zero attached hydrogens (tertiary/aromatic N) is 1. The molecule has 2 nitrogen and oxygen atoms in total. The van der Waals surface area contributed by atoms with Gasteiger partial charge >= 0.3 is 0 Å². The Morgan fingerprint density at radius 3 is 2.56 bits per heavy atom. The van der Waals surface area contributed by atoms with Crippen LogP contribution in [0.3, 0.4) is 0 Å². The molecular formula is C13H17NOS. The highest BCUT2D eigenvalue weighted by atomic mass is 32.1. The van der Waals surface area contributed by atoms with Crippen molar-refractivity contribution in [1.29, 1.82) is 0 Å². The summed E-state index contributed by atoms with van der Waals surface area (Å²) in [5, 5.41) is 0. The maximum atomic E-state index is 12.1. The van der Waals surface area contributed by atoms with Crippen LogP contribution in [0, 0.1) is 0 Å². The van der Waals surface area contributed by atoms with E-state index in [9.17, 15) is 4.79 Å². The first kappa shape index (κ1) is 12.8. The molecule has 0 aliphatic carbocycles. The second-order valence-electron chi connectivity index (χ2n) is 3.59. The SMILES string of the molecule is C=CCN(CCC)C(=O)c1ccc(S)cc1. The van der Waals surface area contributed by atoms with Crippen molar-refractivity contribution in [1.82, 2.24) is 4.90 Å². The monoisotopic (exact) mass is 235 g/mol. The van der Waals surface area contributed by atoms with E-state index in [-0.39, 0.29) is 5.91 Å². The van der Waals surface area contributed by atoms with Crippen molar-refractivity contribution < 1.29 is 4.79 Å². The largest absolute Gasteiger partial charge is 0.335 e. The smallest absolute Gasteiger partial charge is 0.254 e. The Morgan fingerprint density at radius 2 is 2.06 bits per heavy atom. The molecule has 1 aromatic rings. The first-order valence-corrected chi connectivity index (χ1v) is 5.83. The fourth-order valence-corrected chi connectivity index (χ4v) is 1.64. The highest BCUT2D eigenvalue weighted by Crippen LogP contribution is 2.10. The lowest BCUT2D eigenvalue weighted by Crippen LogP contribution is -2.31. The lowest BCUT2D eigenvalue weighted by molar-refractivity contribution is 0.0774. The third-order valence-corrected chi connectivity index (χ3v) is 2.54. The van der Waals surface area contributed by atoms with Crippen LogP contribution < -0.4 is 0 Å². The summed E-state index contributed by atoms with van der Waals surface area (Å²) in [4.78, 5) is 14.7. The first-order chi connectivity index (χ1) is 7.69. The molecule has 1 amide bonds. The van der Waals surface area contributed by atoms with E-state index >= 15 is 0 Å². The van der Waals surface area contributed by atoms with Crippen molar-refractivity contribution in [3.63, 3.8) is 0 Å². The van der Waals surface area contributed by atoms with Gasteiger partial charge in [-0.05, 0) is 30.7 Å². The molecule has 0 saturated heterocycles. The van der Waals surface area contributed by atoms with E-state index in [0.717, 1.165) is 17.9 Å². The van der Waals surface area contributed by atoms with Gasteiger partial charge in [0.1, 0.15) is 0 Å². The van der Waals surface area contributed by atoms with Gasteiger partial charge in [0.25, 0.3) is 5.91 Å². The number of thiol groups is 1. The van der Waals surface area contributed by atoms with Gasteiger partial charge in [0.15, 0.2) is 0 Å². The average Bonchev–Trinajstić information content (AvgIpc) is 2.29. The molecule has 16 heavy (non-hydrogen) atoms. The number of benzene rings is 1. The van der Waals surface area contributed by atoms with Gasteiger partial charge in [0.2, 0.25) is 0 Å². The Bertz CT molecular complexity index is 359. The standard InChI is InChI=1S/C13H17NOS/c1-3-9-14(10-4-2)13(15)11-5-7-12(16)8-6-11/h3,5-8,16H,1,4,9-10H2,2H3. The molecule has 1 aromatic carbocycles. The molecule has 0 radical (unpaired) electrons. The van der Waals surface area contributed by atoms with Gasteiger partial charge in [-0.3, -0.25) is 4.79 Å². The summed E-state index contributed by atoms with van der Waals surface area (Å²) in [5.74, 6) is 0.0510. The van der Waals surface area contributed by atoms with E-state index in [1.165, 1.54) is 0 Å². The van der Waals surface area contributed by atoms with Crippen molar-refractivity contribution in [2.45, 2.75) is 18.2 Å². The number of hydrogen-bond donors (Lipinski definition) is 1. The molecule has 0 atom stereocenters. The zero-order valence-electron chi connectivity index (χ0n) is 9.52. The van der Waals surface area contributed by atoms with Crippen LogP contribution in [0.15, 0.2) is 41.8 Å². The predicted molar refractivity (Wildman–Crippen MR) is 70.1 cm³/mol. The van der Waals surface area contributed by atoms with E-state index in [1.807, 2.05) is 12.1 Å². The van der Waals surface area contributed by atoms with E-state index in [2.05, 4.69) is 26.1 Å². The minimum absolute atomic E-state index is 0.0510. The molecule has 1 rings (SSSR count). The third kappa shape index (κ3) is 3.42. The molecule has 0 spiro atoms. The summed E-state index contributed by atoms with van der Waals surface area (Å²) in [6.07, 6.45) is 2.70. The topological polar surface area (TPSA) is 20.3 Å². The summed E-state index contributed by atoms with van der Waals surface area (Å²) >= 11 is 4.19. The fourth-order valence-electron chi connectivity index (χ4n) is 1.49. The van der Waals surface area contributed by atoms with Crippen LogP contribution in [0.1, 0.15) is 23.7 Å². The number of carbonyl (C=O) groups excluding carboxylic acids is 1. The molecule has 0 heterocycles.